The normalized spacial score (nSPS) is 15.3. The lowest BCUT2D eigenvalue weighted by molar-refractivity contribution is -0.141. The topological polar surface area (TPSA) is 49.3 Å². The molecule has 10 heteroatoms. The second-order valence-corrected chi connectivity index (χ2v) is 9.14. The van der Waals surface area contributed by atoms with Crippen molar-refractivity contribution in [1.29, 1.82) is 0 Å². The third-order valence-electron chi connectivity index (χ3n) is 5.48. The molecule has 1 aromatic heterocycles. The van der Waals surface area contributed by atoms with Crippen LogP contribution in [0.4, 0.5) is 23.2 Å². The number of carbonyl (C=O) groups is 1. The highest BCUT2D eigenvalue weighted by molar-refractivity contribution is 8.00. The van der Waals surface area contributed by atoms with E-state index < -0.39 is 17.1 Å². The molecule has 1 aliphatic rings. The number of hydrogen-bond donors (Lipinski definition) is 0. The summed E-state index contributed by atoms with van der Waals surface area (Å²) in [6.07, 6.45) is -4.63. The van der Waals surface area contributed by atoms with Gasteiger partial charge in [-0.2, -0.15) is 13.2 Å². The van der Waals surface area contributed by atoms with Crippen molar-refractivity contribution < 1.29 is 22.4 Å². The number of aromatic nitrogens is 2. The largest absolute Gasteiger partial charge is 0.433 e. The monoisotopic (exact) mass is 490 g/mol. The van der Waals surface area contributed by atoms with E-state index >= 15 is 0 Å². The SMILES string of the molecule is C[C@H](Sc1nc(-c2ccccc2)cc(C(F)(F)F)n1)C(=O)N1CCN(c2ccc(F)cc2)CC1. The van der Waals surface area contributed by atoms with E-state index in [9.17, 15) is 22.4 Å². The van der Waals surface area contributed by atoms with E-state index in [1.807, 2.05) is 0 Å². The Morgan fingerprint density at radius 2 is 1.62 bits per heavy atom. The van der Waals surface area contributed by atoms with Gasteiger partial charge in [-0.15, -0.1) is 0 Å². The van der Waals surface area contributed by atoms with Gasteiger partial charge in [-0.3, -0.25) is 4.79 Å². The molecule has 0 N–H and O–H groups in total. The summed E-state index contributed by atoms with van der Waals surface area (Å²) in [4.78, 5) is 24.7. The predicted octanol–water partition coefficient (Wildman–Crippen LogP) is 5.13. The summed E-state index contributed by atoms with van der Waals surface area (Å²) in [6.45, 7) is 3.71. The van der Waals surface area contributed by atoms with E-state index in [0.29, 0.717) is 31.7 Å². The van der Waals surface area contributed by atoms with Crippen LogP contribution in [0.15, 0.2) is 65.8 Å². The molecule has 1 saturated heterocycles. The van der Waals surface area contributed by atoms with E-state index in [0.717, 1.165) is 23.5 Å². The maximum atomic E-state index is 13.4. The molecule has 1 fully saturated rings. The number of carbonyl (C=O) groups excluding carboxylic acids is 1. The number of rotatable bonds is 5. The first-order valence-corrected chi connectivity index (χ1v) is 11.6. The van der Waals surface area contributed by atoms with Gasteiger partial charge >= 0.3 is 6.18 Å². The third kappa shape index (κ3) is 5.67. The predicted molar refractivity (Wildman–Crippen MR) is 123 cm³/mol. The van der Waals surface area contributed by atoms with Crippen LogP contribution in [0.1, 0.15) is 12.6 Å². The Balaban J connectivity index is 1.45. The van der Waals surface area contributed by atoms with Gasteiger partial charge in [0.15, 0.2) is 5.16 Å². The van der Waals surface area contributed by atoms with E-state index in [4.69, 9.17) is 0 Å². The number of benzene rings is 2. The molecule has 2 heterocycles. The third-order valence-corrected chi connectivity index (χ3v) is 6.43. The zero-order valence-corrected chi connectivity index (χ0v) is 19.1. The summed E-state index contributed by atoms with van der Waals surface area (Å²) in [5.74, 6) is -0.498. The number of halogens is 4. The van der Waals surface area contributed by atoms with Crippen LogP contribution in [0.25, 0.3) is 11.3 Å². The number of hydrogen-bond acceptors (Lipinski definition) is 5. The van der Waals surface area contributed by atoms with Crippen molar-refractivity contribution >= 4 is 23.4 Å². The Kier molecular flexibility index (Phi) is 7.06. The molecule has 0 bridgehead atoms. The van der Waals surface area contributed by atoms with Crippen LogP contribution in [0.3, 0.4) is 0 Å². The zero-order chi connectivity index (χ0) is 24.3. The maximum Gasteiger partial charge on any atom is 0.433 e. The highest BCUT2D eigenvalue weighted by atomic mass is 32.2. The molecule has 0 aliphatic carbocycles. The van der Waals surface area contributed by atoms with E-state index in [2.05, 4.69) is 14.9 Å². The maximum absolute atomic E-state index is 13.4. The van der Waals surface area contributed by atoms with Crippen LogP contribution in [0.5, 0.6) is 0 Å². The minimum absolute atomic E-state index is 0.0977. The van der Waals surface area contributed by atoms with Gasteiger partial charge in [0.2, 0.25) is 5.91 Å². The molecule has 178 valence electrons. The highest BCUT2D eigenvalue weighted by Crippen LogP contribution is 2.33. The van der Waals surface area contributed by atoms with Gasteiger partial charge in [0.1, 0.15) is 11.5 Å². The molecule has 1 amide bonds. The second kappa shape index (κ2) is 10.0. The first-order chi connectivity index (χ1) is 16.2. The zero-order valence-electron chi connectivity index (χ0n) is 18.3. The molecule has 0 spiro atoms. The van der Waals surface area contributed by atoms with Gasteiger partial charge in [0, 0.05) is 37.4 Å². The Labute approximate surface area is 198 Å². The first-order valence-electron chi connectivity index (χ1n) is 10.7. The molecular formula is C24H22F4N4OS. The van der Waals surface area contributed by atoms with Crippen molar-refractivity contribution in [1.82, 2.24) is 14.9 Å². The molecule has 1 atom stereocenters. The molecule has 0 unspecified atom stereocenters. The highest BCUT2D eigenvalue weighted by Gasteiger charge is 2.34. The quantitative estimate of drug-likeness (QED) is 0.282. The average molecular weight is 491 g/mol. The van der Waals surface area contributed by atoms with Crippen molar-refractivity contribution in [2.75, 3.05) is 31.1 Å². The van der Waals surface area contributed by atoms with Gasteiger partial charge in [-0.25, -0.2) is 14.4 Å². The number of nitrogens with zero attached hydrogens (tertiary/aromatic N) is 4. The summed E-state index contributed by atoms with van der Waals surface area (Å²) in [5.41, 5.74) is 0.518. The molecule has 1 aliphatic heterocycles. The number of alkyl halides is 3. The van der Waals surface area contributed by atoms with Crippen LogP contribution in [0.2, 0.25) is 0 Å². The Bertz CT molecular complexity index is 1130. The molecule has 3 aromatic rings. The number of piperazine rings is 1. The number of amides is 1. The average Bonchev–Trinajstić information content (AvgIpc) is 2.84. The number of thioether (sulfide) groups is 1. The van der Waals surface area contributed by atoms with Gasteiger partial charge in [0.25, 0.3) is 0 Å². The fourth-order valence-corrected chi connectivity index (χ4v) is 4.55. The van der Waals surface area contributed by atoms with Crippen LogP contribution < -0.4 is 4.90 Å². The van der Waals surface area contributed by atoms with Gasteiger partial charge in [-0.05, 0) is 37.3 Å². The lowest BCUT2D eigenvalue weighted by Crippen LogP contribution is -2.50. The fourth-order valence-electron chi connectivity index (χ4n) is 3.68. The minimum atomic E-state index is -4.63. The van der Waals surface area contributed by atoms with Crippen LogP contribution in [-0.2, 0) is 11.0 Å². The summed E-state index contributed by atoms with van der Waals surface area (Å²) in [7, 11) is 0. The van der Waals surface area contributed by atoms with Crippen molar-refractivity contribution in [3.63, 3.8) is 0 Å². The minimum Gasteiger partial charge on any atom is -0.368 e. The fraction of sp³-hybridized carbons (Fsp3) is 0.292. The molecule has 34 heavy (non-hydrogen) atoms. The van der Waals surface area contributed by atoms with Gasteiger partial charge in [-0.1, -0.05) is 42.1 Å². The molecular weight excluding hydrogens is 468 g/mol. The summed E-state index contributed by atoms with van der Waals surface area (Å²) >= 11 is 0.915. The summed E-state index contributed by atoms with van der Waals surface area (Å²) in [6, 6.07) is 15.6. The Hall–Kier alpha value is -3.14. The second-order valence-electron chi connectivity index (χ2n) is 7.83. The van der Waals surface area contributed by atoms with Crippen molar-refractivity contribution in [3.8, 4) is 11.3 Å². The van der Waals surface area contributed by atoms with Gasteiger partial charge < -0.3 is 9.80 Å². The first kappa shape index (κ1) is 24.0. The van der Waals surface area contributed by atoms with Crippen LogP contribution in [0, 0.1) is 5.82 Å². The van der Waals surface area contributed by atoms with E-state index in [1.54, 1.807) is 54.3 Å². The van der Waals surface area contributed by atoms with Crippen LogP contribution in [-0.4, -0.2) is 52.2 Å². The Morgan fingerprint density at radius 1 is 0.971 bits per heavy atom. The standard InChI is InChI=1S/C24H22F4N4OS/c1-16(22(33)32-13-11-31(12-14-32)19-9-7-18(25)8-10-19)34-23-29-20(17-5-3-2-4-6-17)15-21(30-23)24(26,27)28/h2-10,15-16H,11-14H2,1H3/t16-/m0/s1. The summed E-state index contributed by atoms with van der Waals surface area (Å²) < 4.78 is 53.5. The molecule has 4 rings (SSSR count). The molecule has 2 aromatic carbocycles. The van der Waals surface area contributed by atoms with Crippen molar-refractivity contribution in [3.05, 3.63) is 72.2 Å². The number of anilines is 1. The lowest BCUT2D eigenvalue weighted by Gasteiger charge is -2.37. The van der Waals surface area contributed by atoms with Crippen molar-refractivity contribution in [2.24, 2.45) is 0 Å². The molecule has 5 nitrogen and oxygen atoms in total. The van der Waals surface area contributed by atoms with E-state index in [-0.39, 0.29) is 22.6 Å². The van der Waals surface area contributed by atoms with Crippen molar-refractivity contribution in [2.45, 2.75) is 23.5 Å². The van der Waals surface area contributed by atoms with Crippen LogP contribution >= 0.6 is 11.8 Å². The smallest absolute Gasteiger partial charge is 0.368 e. The lowest BCUT2D eigenvalue weighted by atomic mass is 10.1. The van der Waals surface area contributed by atoms with E-state index in [1.165, 1.54) is 12.1 Å². The molecule has 0 saturated carbocycles. The Morgan fingerprint density at radius 3 is 2.24 bits per heavy atom. The molecule has 0 radical (unpaired) electrons. The van der Waals surface area contributed by atoms with Gasteiger partial charge in [0.05, 0.1) is 10.9 Å². The summed E-state index contributed by atoms with van der Waals surface area (Å²) in [5, 5.41) is -0.760.